The lowest BCUT2D eigenvalue weighted by molar-refractivity contribution is 0.755. The summed E-state index contributed by atoms with van der Waals surface area (Å²) in [5, 5.41) is 3.18. The van der Waals surface area contributed by atoms with Crippen LogP contribution in [0.4, 0.5) is 0 Å². The molecule has 0 saturated carbocycles. The molecule has 0 bridgehead atoms. The third kappa shape index (κ3) is 2.70. The summed E-state index contributed by atoms with van der Waals surface area (Å²) in [6.07, 6.45) is 6.74. The van der Waals surface area contributed by atoms with Gasteiger partial charge in [0.2, 0.25) is 0 Å². The van der Waals surface area contributed by atoms with Gasteiger partial charge in [-0.05, 0) is 31.1 Å². The van der Waals surface area contributed by atoms with E-state index in [0.29, 0.717) is 0 Å². The predicted molar refractivity (Wildman–Crippen MR) is 65.4 cm³/mol. The van der Waals surface area contributed by atoms with Gasteiger partial charge in [-0.2, -0.15) is 0 Å². The van der Waals surface area contributed by atoms with Gasteiger partial charge >= 0.3 is 0 Å². The Labute approximate surface area is 96.1 Å². The maximum Gasteiger partial charge on any atom is 0.0949 e. The largest absolute Gasteiger partial charge is 0.333 e. The van der Waals surface area contributed by atoms with Crippen LogP contribution in [0.3, 0.4) is 0 Å². The molecular weight excluding hydrogens is 198 g/mol. The molecule has 1 aromatic carbocycles. The molecule has 2 aromatic rings. The molecule has 0 amide bonds. The van der Waals surface area contributed by atoms with Gasteiger partial charge in [0, 0.05) is 18.9 Å². The third-order valence-electron chi connectivity index (χ3n) is 2.67. The topological polar surface area (TPSA) is 29.9 Å². The number of hydrogen-bond donors (Lipinski definition) is 1. The van der Waals surface area contributed by atoms with E-state index in [1.54, 1.807) is 0 Å². The predicted octanol–water partition coefficient (Wildman–Crippen LogP) is 1.69. The highest BCUT2D eigenvalue weighted by Crippen LogP contribution is 2.10. The first-order valence-corrected chi connectivity index (χ1v) is 5.57. The fraction of sp³-hybridized carbons (Fsp3) is 0.308. The van der Waals surface area contributed by atoms with Crippen molar-refractivity contribution in [1.82, 2.24) is 14.9 Å². The van der Waals surface area contributed by atoms with Gasteiger partial charge in [-0.3, -0.25) is 0 Å². The summed E-state index contributed by atoms with van der Waals surface area (Å²) < 4.78 is 2.10. The van der Waals surface area contributed by atoms with Crippen molar-refractivity contribution in [2.75, 3.05) is 13.6 Å². The maximum absolute atomic E-state index is 4.06. The zero-order chi connectivity index (χ0) is 11.2. The number of nitrogens with one attached hydrogen (secondary N) is 1. The van der Waals surface area contributed by atoms with E-state index in [9.17, 15) is 0 Å². The van der Waals surface area contributed by atoms with Gasteiger partial charge in [0.25, 0.3) is 0 Å². The number of nitrogens with zero attached hydrogens (tertiary/aromatic N) is 2. The van der Waals surface area contributed by atoms with Crippen LogP contribution >= 0.6 is 0 Å². The molecule has 0 saturated heterocycles. The van der Waals surface area contributed by atoms with E-state index in [1.807, 2.05) is 25.8 Å². The lowest BCUT2D eigenvalue weighted by Crippen LogP contribution is -2.12. The van der Waals surface area contributed by atoms with Crippen molar-refractivity contribution in [2.24, 2.45) is 0 Å². The van der Waals surface area contributed by atoms with Gasteiger partial charge < -0.3 is 9.88 Å². The first-order valence-electron chi connectivity index (χ1n) is 5.57. The molecule has 0 atom stereocenters. The van der Waals surface area contributed by atoms with Gasteiger partial charge in [-0.15, -0.1) is 0 Å². The molecule has 0 aliphatic carbocycles. The Bertz CT molecular complexity index is 421. The first-order chi connectivity index (χ1) is 7.90. The molecule has 84 valence electrons. The Morgan fingerprint density at radius 3 is 2.75 bits per heavy atom. The number of hydrogen-bond acceptors (Lipinski definition) is 2. The van der Waals surface area contributed by atoms with Crippen LogP contribution in [-0.2, 0) is 13.0 Å². The van der Waals surface area contributed by atoms with E-state index in [4.69, 9.17) is 0 Å². The lowest BCUT2D eigenvalue weighted by atomic mass is 10.0. The van der Waals surface area contributed by atoms with Crippen molar-refractivity contribution in [3.05, 3.63) is 54.1 Å². The molecule has 16 heavy (non-hydrogen) atoms. The van der Waals surface area contributed by atoms with Crippen LogP contribution in [0.2, 0.25) is 0 Å². The Morgan fingerprint density at radius 2 is 2.06 bits per heavy atom. The molecule has 0 fully saturated rings. The standard InChI is InChI=1S/C13H17N3/c1-14-7-6-12-4-2-3-5-13(12)10-16-9-8-15-11-16/h2-5,8-9,11,14H,6-7,10H2,1H3. The van der Waals surface area contributed by atoms with E-state index in [2.05, 4.69) is 39.1 Å². The minimum Gasteiger partial charge on any atom is -0.333 e. The summed E-state index contributed by atoms with van der Waals surface area (Å²) in [6.45, 7) is 1.92. The van der Waals surface area contributed by atoms with Crippen LogP contribution in [0.25, 0.3) is 0 Å². The van der Waals surface area contributed by atoms with Gasteiger partial charge in [-0.25, -0.2) is 4.98 Å². The fourth-order valence-electron chi connectivity index (χ4n) is 1.79. The molecule has 3 heteroatoms. The molecule has 1 aromatic heterocycles. The Kier molecular flexibility index (Phi) is 3.72. The van der Waals surface area contributed by atoms with Crippen LogP contribution in [0.15, 0.2) is 43.0 Å². The monoisotopic (exact) mass is 215 g/mol. The summed E-state index contributed by atoms with van der Waals surface area (Å²) in [4.78, 5) is 4.06. The van der Waals surface area contributed by atoms with E-state index < -0.39 is 0 Å². The van der Waals surface area contributed by atoms with E-state index in [-0.39, 0.29) is 0 Å². The molecule has 0 unspecified atom stereocenters. The molecule has 1 heterocycles. The summed E-state index contributed by atoms with van der Waals surface area (Å²) in [5.74, 6) is 0. The van der Waals surface area contributed by atoms with Crippen molar-refractivity contribution in [2.45, 2.75) is 13.0 Å². The van der Waals surface area contributed by atoms with E-state index >= 15 is 0 Å². The highest BCUT2D eigenvalue weighted by atomic mass is 15.0. The second kappa shape index (κ2) is 5.47. The minimum absolute atomic E-state index is 0.903. The Balaban J connectivity index is 2.13. The zero-order valence-corrected chi connectivity index (χ0v) is 9.56. The van der Waals surface area contributed by atoms with Crippen molar-refractivity contribution in [1.29, 1.82) is 0 Å². The average Bonchev–Trinajstić information content (AvgIpc) is 2.81. The van der Waals surface area contributed by atoms with Gasteiger partial charge in [0.1, 0.15) is 0 Å². The zero-order valence-electron chi connectivity index (χ0n) is 9.56. The Hall–Kier alpha value is -1.61. The van der Waals surface area contributed by atoms with Crippen molar-refractivity contribution < 1.29 is 0 Å². The van der Waals surface area contributed by atoms with Crippen LogP contribution in [0, 0.1) is 0 Å². The van der Waals surface area contributed by atoms with Crippen LogP contribution in [-0.4, -0.2) is 23.1 Å². The quantitative estimate of drug-likeness (QED) is 0.822. The maximum atomic E-state index is 4.06. The molecule has 3 nitrogen and oxygen atoms in total. The number of rotatable bonds is 5. The molecule has 0 aliphatic rings. The second-order valence-corrected chi connectivity index (χ2v) is 3.86. The summed E-state index contributed by atoms with van der Waals surface area (Å²) in [7, 11) is 1.98. The van der Waals surface area contributed by atoms with Crippen molar-refractivity contribution in [3.63, 3.8) is 0 Å². The molecule has 2 rings (SSSR count). The van der Waals surface area contributed by atoms with E-state index in [1.165, 1.54) is 11.1 Å². The molecule has 0 spiro atoms. The fourth-order valence-corrected chi connectivity index (χ4v) is 1.79. The van der Waals surface area contributed by atoms with Gasteiger partial charge in [-0.1, -0.05) is 24.3 Å². The summed E-state index contributed by atoms with van der Waals surface area (Å²) >= 11 is 0. The molecule has 0 radical (unpaired) electrons. The minimum atomic E-state index is 0.903. The highest BCUT2D eigenvalue weighted by Gasteiger charge is 2.01. The van der Waals surface area contributed by atoms with Crippen molar-refractivity contribution in [3.8, 4) is 0 Å². The molecule has 0 aliphatic heterocycles. The second-order valence-electron chi connectivity index (χ2n) is 3.86. The lowest BCUT2D eigenvalue weighted by Gasteiger charge is -2.09. The van der Waals surface area contributed by atoms with Crippen LogP contribution in [0.5, 0.6) is 0 Å². The number of imidazole rings is 1. The molecule has 1 N–H and O–H groups in total. The van der Waals surface area contributed by atoms with Gasteiger partial charge in [0.15, 0.2) is 0 Å². The SMILES string of the molecule is CNCCc1ccccc1Cn1ccnc1. The average molecular weight is 215 g/mol. The number of benzene rings is 1. The summed E-state index contributed by atoms with van der Waals surface area (Å²) in [5.41, 5.74) is 2.78. The summed E-state index contributed by atoms with van der Waals surface area (Å²) in [6, 6.07) is 8.58. The number of likely N-dealkylation sites (N-methyl/N-ethyl adjacent to an activating group) is 1. The number of aromatic nitrogens is 2. The normalized spacial score (nSPS) is 10.6. The van der Waals surface area contributed by atoms with Crippen LogP contribution in [0.1, 0.15) is 11.1 Å². The van der Waals surface area contributed by atoms with Crippen molar-refractivity contribution >= 4 is 0 Å². The Morgan fingerprint density at radius 1 is 1.25 bits per heavy atom. The highest BCUT2D eigenvalue weighted by molar-refractivity contribution is 5.27. The molecular formula is C13H17N3. The first kappa shape index (κ1) is 10.9. The van der Waals surface area contributed by atoms with Gasteiger partial charge in [0.05, 0.1) is 6.33 Å². The smallest absolute Gasteiger partial charge is 0.0949 e. The van der Waals surface area contributed by atoms with E-state index in [0.717, 1.165) is 19.5 Å². The third-order valence-corrected chi connectivity index (χ3v) is 2.67. The van der Waals surface area contributed by atoms with Crippen LogP contribution < -0.4 is 5.32 Å².